The molecule has 0 amide bonds. The van der Waals surface area contributed by atoms with E-state index in [1.807, 2.05) is 22.3 Å². The van der Waals surface area contributed by atoms with Gasteiger partial charge in [0, 0.05) is 25.5 Å². The summed E-state index contributed by atoms with van der Waals surface area (Å²) in [5.74, 6) is 0.655. The van der Waals surface area contributed by atoms with Crippen LogP contribution < -0.4 is 5.73 Å². The fraction of sp³-hybridized carbons (Fsp3) is 0.500. The van der Waals surface area contributed by atoms with Crippen molar-refractivity contribution in [2.75, 3.05) is 12.3 Å². The second-order valence-corrected chi connectivity index (χ2v) is 4.77. The molecule has 0 radical (unpaired) electrons. The molecule has 7 nitrogen and oxygen atoms in total. The maximum absolute atomic E-state index is 11.7. The molecule has 0 atom stereocenters. The Hall–Kier alpha value is -2.31. The number of aryl methyl sites for hydroxylation is 2. The minimum absolute atomic E-state index is 0.212. The quantitative estimate of drug-likeness (QED) is 0.618. The van der Waals surface area contributed by atoms with Crippen LogP contribution in [-0.2, 0) is 17.8 Å². The highest BCUT2D eigenvalue weighted by molar-refractivity contribution is 5.92. The molecule has 114 valence electrons. The van der Waals surface area contributed by atoms with E-state index in [1.165, 1.54) is 0 Å². The van der Waals surface area contributed by atoms with Crippen molar-refractivity contribution in [2.45, 2.75) is 39.8 Å². The third-order valence-electron chi connectivity index (χ3n) is 3.27. The fourth-order valence-electron chi connectivity index (χ4n) is 2.20. The SMILES string of the molecule is CCOC(=O)c1nc(C)n(CCCCn2ccnc2)c1N. The number of unbranched alkanes of at least 4 members (excludes halogenated alkanes) is 1. The molecule has 2 aromatic rings. The van der Waals surface area contributed by atoms with E-state index in [4.69, 9.17) is 10.5 Å². The van der Waals surface area contributed by atoms with Crippen LogP contribution in [-0.4, -0.2) is 31.7 Å². The van der Waals surface area contributed by atoms with E-state index < -0.39 is 5.97 Å². The monoisotopic (exact) mass is 291 g/mol. The van der Waals surface area contributed by atoms with Crippen LogP contribution >= 0.6 is 0 Å². The van der Waals surface area contributed by atoms with Gasteiger partial charge in [-0.05, 0) is 26.7 Å². The van der Waals surface area contributed by atoms with E-state index >= 15 is 0 Å². The van der Waals surface area contributed by atoms with Gasteiger partial charge in [-0.15, -0.1) is 0 Å². The van der Waals surface area contributed by atoms with E-state index in [2.05, 4.69) is 9.97 Å². The summed E-state index contributed by atoms with van der Waals surface area (Å²) in [6, 6.07) is 0. The van der Waals surface area contributed by atoms with Crippen LogP contribution in [0.2, 0.25) is 0 Å². The van der Waals surface area contributed by atoms with Gasteiger partial charge in [-0.3, -0.25) is 0 Å². The molecule has 7 heteroatoms. The van der Waals surface area contributed by atoms with Gasteiger partial charge in [-0.25, -0.2) is 14.8 Å². The van der Waals surface area contributed by atoms with E-state index in [0.717, 1.165) is 31.8 Å². The van der Waals surface area contributed by atoms with Crippen molar-refractivity contribution in [3.8, 4) is 0 Å². The predicted octanol–water partition coefficient (Wildman–Crippen LogP) is 1.63. The van der Waals surface area contributed by atoms with Crippen molar-refractivity contribution in [3.63, 3.8) is 0 Å². The molecular formula is C14H21N5O2. The number of carbonyl (C=O) groups is 1. The van der Waals surface area contributed by atoms with Crippen molar-refractivity contribution in [3.05, 3.63) is 30.2 Å². The molecule has 0 aliphatic rings. The lowest BCUT2D eigenvalue weighted by molar-refractivity contribution is 0.0521. The molecule has 2 N–H and O–H groups in total. The van der Waals surface area contributed by atoms with Gasteiger partial charge >= 0.3 is 5.97 Å². The van der Waals surface area contributed by atoms with Crippen LogP contribution in [0.5, 0.6) is 0 Å². The summed E-state index contributed by atoms with van der Waals surface area (Å²) in [5.41, 5.74) is 6.21. The van der Waals surface area contributed by atoms with Gasteiger partial charge in [0.1, 0.15) is 11.6 Å². The Morgan fingerprint density at radius 1 is 1.38 bits per heavy atom. The smallest absolute Gasteiger partial charge is 0.360 e. The molecule has 0 bridgehead atoms. The number of hydrogen-bond donors (Lipinski definition) is 1. The number of nitrogen functional groups attached to an aromatic ring is 1. The zero-order chi connectivity index (χ0) is 15.2. The normalized spacial score (nSPS) is 10.8. The average molecular weight is 291 g/mol. The highest BCUT2D eigenvalue weighted by atomic mass is 16.5. The summed E-state index contributed by atoms with van der Waals surface area (Å²) in [7, 11) is 0. The number of ether oxygens (including phenoxy) is 1. The van der Waals surface area contributed by atoms with Gasteiger partial charge in [0.05, 0.1) is 12.9 Å². The van der Waals surface area contributed by atoms with Gasteiger partial charge in [0.25, 0.3) is 0 Å². The van der Waals surface area contributed by atoms with Crippen molar-refractivity contribution in [1.82, 2.24) is 19.1 Å². The average Bonchev–Trinajstić information content (AvgIpc) is 3.05. The summed E-state index contributed by atoms with van der Waals surface area (Å²) < 4.78 is 8.84. The highest BCUT2D eigenvalue weighted by Gasteiger charge is 2.19. The molecule has 0 spiro atoms. The molecule has 21 heavy (non-hydrogen) atoms. The van der Waals surface area contributed by atoms with Gasteiger partial charge in [0.2, 0.25) is 0 Å². The number of anilines is 1. The summed E-state index contributed by atoms with van der Waals surface area (Å²) >= 11 is 0. The number of nitrogens with zero attached hydrogens (tertiary/aromatic N) is 4. The predicted molar refractivity (Wildman–Crippen MR) is 78.8 cm³/mol. The summed E-state index contributed by atoms with van der Waals surface area (Å²) in [5, 5.41) is 0. The van der Waals surface area contributed by atoms with Crippen LogP contribution in [0.4, 0.5) is 5.82 Å². The molecule has 0 saturated heterocycles. The zero-order valence-electron chi connectivity index (χ0n) is 12.5. The number of rotatable bonds is 7. The fourth-order valence-corrected chi connectivity index (χ4v) is 2.20. The van der Waals surface area contributed by atoms with E-state index in [0.29, 0.717) is 12.4 Å². The Kier molecular flexibility index (Phi) is 4.97. The lowest BCUT2D eigenvalue weighted by atomic mass is 10.3. The first-order valence-corrected chi connectivity index (χ1v) is 7.09. The van der Waals surface area contributed by atoms with E-state index in [9.17, 15) is 4.79 Å². The Bertz CT molecular complexity index is 589. The van der Waals surface area contributed by atoms with Crippen molar-refractivity contribution in [2.24, 2.45) is 0 Å². The third kappa shape index (κ3) is 3.62. The van der Waals surface area contributed by atoms with E-state index in [1.54, 1.807) is 19.4 Å². The van der Waals surface area contributed by atoms with E-state index in [-0.39, 0.29) is 5.69 Å². The Morgan fingerprint density at radius 3 is 2.81 bits per heavy atom. The van der Waals surface area contributed by atoms with Gasteiger partial charge < -0.3 is 19.6 Å². The number of carbonyl (C=O) groups excluding carboxylic acids is 1. The maximum Gasteiger partial charge on any atom is 0.360 e. The molecule has 0 unspecified atom stereocenters. The van der Waals surface area contributed by atoms with Crippen molar-refractivity contribution >= 4 is 11.8 Å². The highest BCUT2D eigenvalue weighted by Crippen LogP contribution is 2.16. The Balaban J connectivity index is 1.92. The number of aromatic nitrogens is 4. The lowest BCUT2D eigenvalue weighted by Gasteiger charge is -2.08. The Morgan fingerprint density at radius 2 is 2.14 bits per heavy atom. The van der Waals surface area contributed by atoms with Gasteiger partial charge in [-0.2, -0.15) is 0 Å². The minimum Gasteiger partial charge on any atom is -0.461 e. The molecule has 2 aromatic heterocycles. The van der Waals surface area contributed by atoms with Crippen LogP contribution in [0, 0.1) is 6.92 Å². The first-order valence-electron chi connectivity index (χ1n) is 7.09. The van der Waals surface area contributed by atoms with Gasteiger partial charge in [0.15, 0.2) is 5.69 Å². The molecule has 2 heterocycles. The number of esters is 1. The number of nitrogens with two attached hydrogens (primary N) is 1. The zero-order valence-corrected chi connectivity index (χ0v) is 12.5. The second kappa shape index (κ2) is 6.92. The largest absolute Gasteiger partial charge is 0.461 e. The van der Waals surface area contributed by atoms with Crippen LogP contribution in [0.3, 0.4) is 0 Å². The molecule has 0 aliphatic carbocycles. The number of hydrogen-bond acceptors (Lipinski definition) is 5. The standard InChI is InChI=1S/C14H21N5O2/c1-3-21-14(20)12-13(15)19(11(2)17-12)8-5-4-7-18-9-6-16-10-18/h6,9-10H,3-5,7-8,15H2,1-2H3. The first-order chi connectivity index (χ1) is 10.1. The third-order valence-corrected chi connectivity index (χ3v) is 3.27. The number of imidazole rings is 2. The molecule has 2 rings (SSSR count). The van der Waals surface area contributed by atoms with Crippen LogP contribution in [0.25, 0.3) is 0 Å². The lowest BCUT2D eigenvalue weighted by Crippen LogP contribution is -2.10. The van der Waals surface area contributed by atoms with Crippen LogP contribution in [0.1, 0.15) is 36.1 Å². The van der Waals surface area contributed by atoms with Crippen LogP contribution in [0.15, 0.2) is 18.7 Å². The molecule has 0 saturated carbocycles. The first kappa shape index (κ1) is 15.1. The van der Waals surface area contributed by atoms with Crippen molar-refractivity contribution in [1.29, 1.82) is 0 Å². The summed E-state index contributed by atoms with van der Waals surface area (Å²) in [4.78, 5) is 19.9. The topological polar surface area (TPSA) is 88.0 Å². The minimum atomic E-state index is -0.463. The van der Waals surface area contributed by atoms with Gasteiger partial charge in [-0.1, -0.05) is 0 Å². The molecular weight excluding hydrogens is 270 g/mol. The Labute approximate surface area is 123 Å². The molecule has 0 aromatic carbocycles. The maximum atomic E-state index is 11.7. The molecule has 0 fully saturated rings. The summed E-state index contributed by atoms with van der Waals surface area (Å²) in [6.07, 6.45) is 7.46. The summed E-state index contributed by atoms with van der Waals surface area (Å²) in [6.45, 7) is 5.56. The second-order valence-electron chi connectivity index (χ2n) is 4.77. The van der Waals surface area contributed by atoms with Crippen molar-refractivity contribution < 1.29 is 9.53 Å². The molecule has 0 aliphatic heterocycles.